The number of Topliss-reactive ketones (excluding diaryl/α,β-unsaturated/α-hetero) is 1. The highest BCUT2D eigenvalue weighted by atomic mass is 79.9. The number of piperidine rings is 3. The number of nitrogens with zero attached hydrogens (tertiary/aromatic N) is 2. The van der Waals surface area contributed by atoms with Gasteiger partial charge in [0.15, 0.2) is 17.2 Å². The third kappa shape index (κ3) is 5.40. The van der Waals surface area contributed by atoms with E-state index in [1.165, 1.54) is 11.3 Å². The van der Waals surface area contributed by atoms with Crippen molar-refractivity contribution in [1.82, 2.24) is 4.98 Å². The molecule has 2 aromatic carbocycles. The number of carbonyl (C=O) groups is 2. The third-order valence-electron chi connectivity index (χ3n) is 6.91. The molecule has 8 heteroatoms. The number of hydrogen-bond acceptors (Lipinski definition) is 6. The zero-order valence-electron chi connectivity index (χ0n) is 18.8. The summed E-state index contributed by atoms with van der Waals surface area (Å²) in [5, 5.41) is 5.75. The highest BCUT2D eigenvalue weighted by Gasteiger charge is 2.49. The Morgan fingerprint density at radius 3 is 2.38 bits per heavy atom. The van der Waals surface area contributed by atoms with E-state index in [2.05, 4.69) is 10.3 Å². The first kappa shape index (κ1) is 24.6. The van der Waals surface area contributed by atoms with Crippen LogP contribution < -0.4 is 22.3 Å². The van der Waals surface area contributed by atoms with Gasteiger partial charge in [0, 0.05) is 36.0 Å². The molecular formula is C26H28BrN3O3S. The lowest BCUT2D eigenvalue weighted by Gasteiger charge is -2.51. The molecular weight excluding hydrogens is 514 g/mol. The summed E-state index contributed by atoms with van der Waals surface area (Å²) in [6.45, 7) is 3.04. The standard InChI is InChI=1S/C26H28N3O3S.BrH/c30-22(25-27-13-16-33-25)17-29-14-11-19(12-15-29)23(18-29)32-26(31)24(20-7-3-1-4-8-20)28-21-9-5-2-6-10-21;/h1-10,13,16,19,23-24,28H,11-12,14-15,17-18H2;1H/q+1;/p-1/t19?,23-,24+,29?;/m0./s1. The van der Waals surface area contributed by atoms with E-state index in [9.17, 15) is 9.59 Å². The van der Waals surface area contributed by atoms with E-state index >= 15 is 0 Å². The number of ether oxygens (including phenoxy) is 1. The van der Waals surface area contributed by atoms with Gasteiger partial charge in [0.25, 0.3) is 0 Å². The Morgan fingerprint density at radius 1 is 1.06 bits per heavy atom. The Balaban J connectivity index is 0.00000274. The number of fused-ring (bicyclic) bond motifs is 3. The molecule has 0 amide bonds. The molecule has 2 atom stereocenters. The second-order valence-corrected chi connectivity index (χ2v) is 9.95. The van der Waals surface area contributed by atoms with Crippen LogP contribution in [0.2, 0.25) is 0 Å². The van der Waals surface area contributed by atoms with Gasteiger partial charge in [0.1, 0.15) is 13.1 Å². The molecule has 1 N–H and O–H groups in total. The topological polar surface area (TPSA) is 68.3 Å². The van der Waals surface area contributed by atoms with Crippen LogP contribution in [-0.4, -0.2) is 53.5 Å². The highest BCUT2D eigenvalue weighted by molar-refractivity contribution is 7.11. The molecule has 3 aliphatic heterocycles. The molecule has 6 rings (SSSR count). The number of esters is 1. The van der Waals surface area contributed by atoms with Crippen LogP contribution in [0.4, 0.5) is 5.69 Å². The van der Waals surface area contributed by atoms with E-state index < -0.39 is 6.04 Å². The molecule has 0 radical (unpaired) electrons. The van der Waals surface area contributed by atoms with E-state index in [0.29, 0.717) is 28.5 Å². The average Bonchev–Trinajstić information content (AvgIpc) is 3.40. The summed E-state index contributed by atoms with van der Waals surface area (Å²) in [4.78, 5) is 30.4. The lowest BCUT2D eigenvalue weighted by molar-refractivity contribution is -0.938. The molecule has 3 saturated heterocycles. The molecule has 3 aliphatic rings. The van der Waals surface area contributed by atoms with Gasteiger partial charge in [-0.1, -0.05) is 48.5 Å². The minimum atomic E-state index is -0.588. The normalized spacial score (nSPS) is 24.0. The van der Waals surface area contributed by atoms with Crippen molar-refractivity contribution in [2.75, 3.05) is 31.5 Å². The lowest BCUT2D eigenvalue weighted by atomic mass is 9.83. The van der Waals surface area contributed by atoms with E-state index in [4.69, 9.17) is 4.74 Å². The van der Waals surface area contributed by atoms with Crippen molar-refractivity contribution in [3.05, 3.63) is 82.8 Å². The van der Waals surface area contributed by atoms with Gasteiger partial charge < -0.3 is 31.5 Å². The summed E-state index contributed by atoms with van der Waals surface area (Å²) in [5.41, 5.74) is 1.74. The van der Waals surface area contributed by atoms with Gasteiger partial charge in [-0.2, -0.15) is 0 Å². The van der Waals surface area contributed by atoms with Gasteiger partial charge in [0.2, 0.25) is 5.78 Å². The fraction of sp³-hybridized carbons (Fsp3) is 0.346. The minimum absolute atomic E-state index is 0. The van der Waals surface area contributed by atoms with Gasteiger partial charge >= 0.3 is 5.97 Å². The molecule has 178 valence electrons. The fourth-order valence-corrected chi connectivity index (χ4v) is 5.72. The van der Waals surface area contributed by atoms with Gasteiger partial charge in [0.05, 0.1) is 13.1 Å². The van der Waals surface area contributed by atoms with Crippen molar-refractivity contribution < 1.29 is 35.8 Å². The molecule has 3 aromatic rings. The number of anilines is 1. The van der Waals surface area contributed by atoms with Crippen molar-refractivity contribution in [2.24, 2.45) is 5.92 Å². The predicted molar refractivity (Wildman–Crippen MR) is 128 cm³/mol. The highest BCUT2D eigenvalue weighted by Crippen LogP contribution is 2.36. The van der Waals surface area contributed by atoms with Crippen LogP contribution in [0.1, 0.15) is 34.2 Å². The van der Waals surface area contributed by atoms with Crippen LogP contribution in [-0.2, 0) is 9.53 Å². The van der Waals surface area contributed by atoms with Gasteiger partial charge in [-0.15, -0.1) is 11.3 Å². The van der Waals surface area contributed by atoms with E-state index in [1.807, 2.05) is 66.0 Å². The van der Waals surface area contributed by atoms with Crippen LogP contribution in [0.25, 0.3) is 0 Å². The summed E-state index contributed by atoms with van der Waals surface area (Å²) < 4.78 is 6.86. The molecule has 0 spiro atoms. The number of halogens is 1. The van der Waals surface area contributed by atoms with E-state index in [-0.39, 0.29) is 34.8 Å². The van der Waals surface area contributed by atoms with Crippen LogP contribution in [0.15, 0.2) is 72.2 Å². The molecule has 0 aliphatic carbocycles. The van der Waals surface area contributed by atoms with Crippen molar-refractivity contribution in [1.29, 1.82) is 0 Å². The molecule has 34 heavy (non-hydrogen) atoms. The Bertz CT molecular complexity index is 1090. The zero-order chi connectivity index (χ0) is 22.7. The number of quaternary nitrogens is 1. The molecule has 4 heterocycles. The van der Waals surface area contributed by atoms with Crippen molar-refractivity contribution >= 4 is 28.8 Å². The lowest BCUT2D eigenvalue weighted by Crippen LogP contribution is -3.00. The summed E-state index contributed by atoms with van der Waals surface area (Å²) >= 11 is 1.39. The fourth-order valence-electron chi connectivity index (χ4n) is 5.15. The number of hydrogen-bond donors (Lipinski definition) is 1. The number of thiazole rings is 1. The number of para-hydroxylation sites is 1. The predicted octanol–water partition coefficient (Wildman–Crippen LogP) is 1.34. The number of aromatic nitrogens is 1. The number of carbonyl (C=O) groups excluding carboxylic acids is 2. The molecule has 0 unspecified atom stereocenters. The SMILES string of the molecule is O=C(C[N+]12CCC(CC1)[C@@H](OC(=O)[C@H](Nc1ccccc1)c1ccccc1)C2)c1nccs1.[Br-]. The Labute approximate surface area is 214 Å². The first-order valence-electron chi connectivity index (χ1n) is 11.5. The van der Waals surface area contributed by atoms with Gasteiger partial charge in [-0.25, -0.2) is 9.78 Å². The van der Waals surface area contributed by atoms with Crippen LogP contribution in [0, 0.1) is 5.92 Å². The van der Waals surface area contributed by atoms with Crippen molar-refractivity contribution in [3.63, 3.8) is 0 Å². The quantitative estimate of drug-likeness (QED) is 0.265. The minimum Gasteiger partial charge on any atom is -1.00 e. The monoisotopic (exact) mass is 541 g/mol. The zero-order valence-corrected chi connectivity index (χ0v) is 21.2. The van der Waals surface area contributed by atoms with Crippen LogP contribution in [0.5, 0.6) is 0 Å². The van der Waals surface area contributed by atoms with Gasteiger partial charge in [-0.3, -0.25) is 4.79 Å². The Kier molecular flexibility index (Phi) is 7.80. The second-order valence-electron chi connectivity index (χ2n) is 9.06. The molecule has 2 bridgehead atoms. The first-order valence-corrected chi connectivity index (χ1v) is 12.3. The Hall–Kier alpha value is -2.55. The van der Waals surface area contributed by atoms with Crippen LogP contribution >= 0.6 is 11.3 Å². The van der Waals surface area contributed by atoms with Gasteiger partial charge in [-0.05, 0) is 17.7 Å². The number of ketones is 1. The van der Waals surface area contributed by atoms with E-state index in [0.717, 1.165) is 37.2 Å². The molecule has 1 aromatic heterocycles. The van der Waals surface area contributed by atoms with Crippen molar-refractivity contribution in [2.45, 2.75) is 25.0 Å². The number of benzene rings is 2. The molecule has 0 saturated carbocycles. The molecule has 3 fully saturated rings. The third-order valence-corrected chi connectivity index (χ3v) is 7.73. The van der Waals surface area contributed by atoms with Crippen molar-refractivity contribution in [3.8, 4) is 0 Å². The maximum atomic E-state index is 13.4. The number of nitrogens with one attached hydrogen (secondary N) is 1. The summed E-state index contributed by atoms with van der Waals surface area (Å²) in [7, 11) is 0. The smallest absolute Gasteiger partial charge is 0.333 e. The van der Waals surface area contributed by atoms with E-state index in [1.54, 1.807) is 6.20 Å². The van der Waals surface area contributed by atoms with Crippen LogP contribution in [0.3, 0.4) is 0 Å². The summed E-state index contributed by atoms with van der Waals surface area (Å²) in [5.74, 6) is 0.175. The molecule has 6 nitrogen and oxygen atoms in total. The maximum Gasteiger partial charge on any atom is 0.333 e. The second kappa shape index (κ2) is 10.8. The largest absolute Gasteiger partial charge is 1.00 e. The Morgan fingerprint density at radius 2 is 1.74 bits per heavy atom. The summed E-state index contributed by atoms with van der Waals surface area (Å²) in [6, 6.07) is 18.8. The number of rotatable bonds is 8. The average molecular weight is 542 g/mol. The maximum absolute atomic E-state index is 13.4. The summed E-state index contributed by atoms with van der Waals surface area (Å²) in [6.07, 6.45) is 3.46. The first-order chi connectivity index (χ1) is 16.1.